The molecule has 2 rings (SSSR count). The molecule has 0 aromatic carbocycles. The topological polar surface area (TPSA) is 76.4 Å². The van der Waals surface area contributed by atoms with Crippen molar-refractivity contribution >= 4 is 6.03 Å². The van der Waals surface area contributed by atoms with Crippen molar-refractivity contribution in [2.24, 2.45) is 5.73 Å². The van der Waals surface area contributed by atoms with Gasteiger partial charge in [-0.25, -0.2) is 4.79 Å². The van der Waals surface area contributed by atoms with Crippen molar-refractivity contribution in [3.8, 4) is 0 Å². The lowest BCUT2D eigenvalue weighted by atomic mass is 9.83. The second kappa shape index (κ2) is 6.38. The lowest BCUT2D eigenvalue weighted by Gasteiger charge is -2.42. The molecular weight excluding hydrogens is 230 g/mol. The van der Waals surface area contributed by atoms with Gasteiger partial charge in [-0.05, 0) is 26.2 Å². The van der Waals surface area contributed by atoms with E-state index in [-0.39, 0.29) is 24.2 Å². The third-order valence-electron chi connectivity index (χ3n) is 3.99. The summed E-state index contributed by atoms with van der Waals surface area (Å²) in [6.07, 6.45) is 6.84. The Hall–Kier alpha value is -0.810. The number of hydrogen-bond acceptors (Lipinski definition) is 3. The summed E-state index contributed by atoms with van der Waals surface area (Å²) in [5.74, 6) is 0. The minimum absolute atomic E-state index is 0.0265. The average Bonchev–Trinajstić information content (AvgIpc) is 2.37. The Morgan fingerprint density at radius 1 is 1.28 bits per heavy atom. The number of nitrogens with one attached hydrogen (secondary N) is 2. The molecule has 0 spiro atoms. The highest BCUT2D eigenvalue weighted by atomic mass is 16.5. The highest BCUT2D eigenvalue weighted by Crippen LogP contribution is 2.22. The zero-order valence-corrected chi connectivity index (χ0v) is 11.2. The Morgan fingerprint density at radius 3 is 2.61 bits per heavy atom. The third kappa shape index (κ3) is 3.36. The van der Waals surface area contributed by atoms with Gasteiger partial charge in [0, 0.05) is 18.7 Å². The van der Waals surface area contributed by atoms with E-state index in [0.29, 0.717) is 12.6 Å². The van der Waals surface area contributed by atoms with E-state index in [1.54, 1.807) is 0 Å². The standard InChI is InChI=1S/C13H25N3O2/c1-2-18-11-8-10(14)12(11)16-13(17)15-9-6-4-3-5-7-9/h9-12H,2-8,14H2,1H3,(H2,15,16,17). The minimum atomic E-state index is -0.0910. The summed E-state index contributed by atoms with van der Waals surface area (Å²) in [5.41, 5.74) is 5.90. The summed E-state index contributed by atoms with van der Waals surface area (Å²) in [6.45, 7) is 2.63. The molecule has 5 heteroatoms. The fourth-order valence-corrected chi connectivity index (χ4v) is 2.85. The molecule has 0 aromatic rings. The number of carbonyl (C=O) groups is 1. The molecule has 2 fully saturated rings. The van der Waals surface area contributed by atoms with Crippen LogP contribution < -0.4 is 16.4 Å². The summed E-state index contributed by atoms with van der Waals surface area (Å²) in [6, 6.07) is 0.236. The quantitative estimate of drug-likeness (QED) is 0.704. The Kier molecular flexibility index (Phi) is 4.83. The summed E-state index contributed by atoms with van der Waals surface area (Å²) < 4.78 is 5.53. The van der Waals surface area contributed by atoms with Crippen molar-refractivity contribution in [1.29, 1.82) is 0 Å². The molecule has 0 aromatic heterocycles. The van der Waals surface area contributed by atoms with E-state index in [0.717, 1.165) is 19.3 Å². The Balaban J connectivity index is 1.72. The summed E-state index contributed by atoms with van der Waals surface area (Å²) in [4.78, 5) is 11.9. The Morgan fingerprint density at radius 2 is 2.00 bits per heavy atom. The first-order valence-electron chi connectivity index (χ1n) is 7.15. The highest BCUT2D eigenvalue weighted by molar-refractivity contribution is 5.75. The number of hydrogen-bond donors (Lipinski definition) is 3. The van der Waals surface area contributed by atoms with E-state index < -0.39 is 0 Å². The molecule has 4 N–H and O–H groups in total. The van der Waals surface area contributed by atoms with Gasteiger partial charge in [-0.3, -0.25) is 0 Å². The van der Waals surface area contributed by atoms with Crippen LogP contribution in [-0.2, 0) is 4.74 Å². The summed E-state index contributed by atoms with van der Waals surface area (Å²) >= 11 is 0. The normalized spacial score (nSPS) is 32.7. The minimum Gasteiger partial charge on any atom is -0.376 e. The van der Waals surface area contributed by atoms with Gasteiger partial charge in [0.05, 0.1) is 12.1 Å². The van der Waals surface area contributed by atoms with E-state index in [2.05, 4.69) is 10.6 Å². The van der Waals surface area contributed by atoms with Gasteiger partial charge in [0.1, 0.15) is 0 Å². The van der Waals surface area contributed by atoms with Crippen LogP contribution in [0.25, 0.3) is 0 Å². The molecule has 5 nitrogen and oxygen atoms in total. The van der Waals surface area contributed by atoms with E-state index in [9.17, 15) is 4.79 Å². The monoisotopic (exact) mass is 255 g/mol. The number of rotatable bonds is 4. The smallest absolute Gasteiger partial charge is 0.315 e. The predicted octanol–water partition coefficient (Wildman–Crippen LogP) is 1.12. The van der Waals surface area contributed by atoms with Crippen molar-refractivity contribution in [2.45, 2.75) is 69.7 Å². The molecular formula is C13H25N3O2. The molecule has 3 unspecified atom stereocenters. The van der Waals surface area contributed by atoms with Crippen LogP contribution in [0.2, 0.25) is 0 Å². The second-order valence-corrected chi connectivity index (χ2v) is 5.37. The maximum atomic E-state index is 11.9. The molecule has 0 radical (unpaired) electrons. The van der Waals surface area contributed by atoms with Gasteiger partial charge in [-0.2, -0.15) is 0 Å². The first kappa shape index (κ1) is 13.6. The van der Waals surface area contributed by atoms with E-state index in [4.69, 9.17) is 10.5 Å². The van der Waals surface area contributed by atoms with Crippen LogP contribution in [0.1, 0.15) is 45.4 Å². The predicted molar refractivity (Wildman–Crippen MR) is 70.3 cm³/mol. The summed E-state index contributed by atoms with van der Waals surface area (Å²) in [5, 5.41) is 5.99. The van der Waals surface area contributed by atoms with Crippen LogP contribution in [0.5, 0.6) is 0 Å². The van der Waals surface area contributed by atoms with Crippen molar-refractivity contribution < 1.29 is 9.53 Å². The third-order valence-corrected chi connectivity index (χ3v) is 3.99. The zero-order valence-electron chi connectivity index (χ0n) is 11.2. The lowest BCUT2D eigenvalue weighted by molar-refractivity contribution is -0.0283. The van der Waals surface area contributed by atoms with Crippen LogP contribution >= 0.6 is 0 Å². The van der Waals surface area contributed by atoms with E-state index in [1.165, 1.54) is 19.3 Å². The molecule has 18 heavy (non-hydrogen) atoms. The van der Waals surface area contributed by atoms with Gasteiger partial charge in [0.25, 0.3) is 0 Å². The Bertz CT molecular complexity index is 277. The fraction of sp³-hybridized carbons (Fsp3) is 0.923. The van der Waals surface area contributed by atoms with Gasteiger partial charge in [-0.1, -0.05) is 19.3 Å². The van der Waals surface area contributed by atoms with E-state index in [1.807, 2.05) is 6.92 Å². The molecule has 0 heterocycles. The molecule has 0 saturated heterocycles. The molecule has 2 amide bonds. The number of carbonyl (C=O) groups excluding carboxylic acids is 1. The largest absolute Gasteiger partial charge is 0.376 e. The molecule has 2 saturated carbocycles. The zero-order chi connectivity index (χ0) is 13.0. The van der Waals surface area contributed by atoms with Gasteiger partial charge in [-0.15, -0.1) is 0 Å². The SMILES string of the molecule is CCOC1CC(N)C1NC(=O)NC1CCCCC1. The highest BCUT2D eigenvalue weighted by Gasteiger charge is 2.40. The van der Waals surface area contributed by atoms with Crippen molar-refractivity contribution in [3.05, 3.63) is 0 Å². The average molecular weight is 255 g/mol. The fourth-order valence-electron chi connectivity index (χ4n) is 2.85. The van der Waals surface area contributed by atoms with Crippen LogP contribution in [0.15, 0.2) is 0 Å². The molecule has 3 atom stereocenters. The van der Waals surface area contributed by atoms with Crippen LogP contribution in [0.4, 0.5) is 4.79 Å². The summed E-state index contributed by atoms with van der Waals surface area (Å²) in [7, 11) is 0. The molecule has 0 bridgehead atoms. The first-order chi connectivity index (χ1) is 8.70. The second-order valence-electron chi connectivity index (χ2n) is 5.37. The van der Waals surface area contributed by atoms with E-state index >= 15 is 0 Å². The maximum absolute atomic E-state index is 11.9. The van der Waals surface area contributed by atoms with Crippen molar-refractivity contribution in [1.82, 2.24) is 10.6 Å². The Labute approximate surface area is 109 Å². The van der Waals surface area contributed by atoms with Crippen molar-refractivity contribution in [2.75, 3.05) is 6.61 Å². The van der Waals surface area contributed by atoms with Gasteiger partial charge >= 0.3 is 6.03 Å². The number of ether oxygens (including phenoxy) is 1. The molecule has 0 aliphatic heterocycles. The lowest BCUT2D eigenvalue weighted by Crippen LogP contribution is -2.66. The molecule has 2 aliphatic carbocycles. The molecule has 2 aliphatic rings. The van der Waals surface area contributed by atoms with Crippen LogP contribution in [0, 0.1) is 0 Å². The molecule has 104 valence electrons. The number of amides is 2. The number of nitrogens with two attached hydrogens (primary N) is 1. The maximum Gasteiger partial charge on any atom is 0.315 e. The first-order valence-corrected chi connectivity index (χ1v) is 7.15. The van der Waals surface area contributed by atoms with Gasteiger partial charge < -0.3 is 21.1 Å². The van der Waals surface area contributed by atoms with Gasteiger partial charge in [0.2, 0.25) is 0 Å². The van der Waals surface area contributed by atoms with Crippen LogP contribution in [0.3, 0.4) is 0 Å². The van der Waals surface area contributed by atoms with Gasteiger partial charge in [0.15, 0.2) is 0 Å². The van der Waals surface area contributed by atoms with Crippen LogP contribution in [-0.4, -0.2) is 36.9 Å². The van der Waals surface area contributed by atoms with Crippen molar-refractivity contribution in [3.63, 3.8) is 0 Å². The number of urea groups is 1.